The summed E-state index contributed by atoms with van der Waals surface area (Å²) in [6.45, 7) is 9.10. The minimum Gasteiger partial charge on any atom is -0.337 e. The highest BCUT2D eigenvalue weighted by molar-refractivity contribution is 5.96. The minimum absolute atomic E-state index is 0.0428. The van der Waals surface area contributed by atoms with Gasteiger partial charge in [0.1, 0.15) is 0 Å². The fourth-order valence-electron chi connectivity index (χ4n) is 3.73. The summed E-state index contributed by atoms with van der Waals surface area (Å²) in [7, 11) is 1.87. The summed E-state index contributed by atoms with van der Waals surface area (Å²) in [4.78, 5) is 15.3. The Labute approximate surface area is 174 Å². The molecule has 1 amide bonds. The number of aryl methyl sites for hydroxylation is 1. The van der Waals surface area contributed by atoms with E-state index in [-0.39, 0.29) is 5.91 Å². The topological polar surface area (TPSA) is 38.1 Å². The van der Waals surface area contributed by atoms with Gasteiger partial charge in [0.2, 0.25) is 0 Å². The van der Waals surface area contributed by atoms with Crippen molar-refractivity contribution in [2.45, 2.75) is 47.1 Å². The van der Waals surface area contributed by atoms with Gasteiger partial charge in [-0.2, -0.15) is 5.10 Å². The molecule has 0 aliphatic rings. The molecule has 2 aromatic carbocycles. The molecule has 152 valence electrons. The molecule has 3 rings (SSSR count). The van der Waals surface area contributed by atoms with E-state index < -0.39 is 0 Å². The molecule has 3 aromatic rings. The normalized spacial score (nSPS) is 11.1. The maximum atomic E-state index is 13.5. The largest absolute Gasteiger partial charge is 0.337 e. The van der Waals surface area contributed by atoms with E-state index in [0.29, 0.717) is 12.5 Å². The maximum absolute atomic E-state index is 13.5. The number of amides is 1. The van der Waals surface area contributed by atoms with E-state index in [9.17, 15) is 4.79 Å². The molecule has 0 N–H and O–H groups in total. The molecule has 0 spiro atoms. The highest BCUT2D eigenvalue weighted by Gasteiger charge is 2.26. The summed E-state index contributed by atoms with van der Waals surface area (Å²) in [5.41, 5.74) is 5.96. The van der Waals surface area contributed by atoms with E-state index in [1.54, 1.807) is 4.90 Å². The number of benzene rings is 2. The van der Waals surface area contributed by atoms with Crippen LogP contribution in [-0.2, 0) is 19.4 Å². The minimum atomic E-state index is 0.0428. The molecule has 0 bridgehead atoms. The predicted octanol–water partition coefficient (Wildman–Crippen LogP) is 5.21. The van der Waals surface area contributed by atoms with E-state index in [1.807, 2.05) is 42.1 Å². The number of aromatic nitrogens is 2. The Morgan fingerprint density at radius 2 is 1.72 bits per heavy atom. The predicted molar refractivity (Wildman–Crippen MR) is 118 cm³/mol. The lowest BCUT2D eigenvalue weighted by molar-refractivity contribution is 0.0782. The van der Waals surface area contributed by atoms with Crippen LogP contribution in [0, 0.1) is 12.8 Å². The molecule has 0 saturated heterocycles. The molecule has 1 aromatic heterocycles. The molecule has 1 heterocycles. The van der Waals surface area contributed by atoms with Gasteiger partial charge in [-0.25, -0.2) is 4.68 Å². The second kappa shape index (κ2) is 9.08. The Morgan fingerprint density at radius 3 is 2.34 bits per heavy atom. The summed E-state index contributed by atoms with van der Waals surface area (Å²) in [5.74, 6) is 0.465. The molecule has 0 radical (unpaired) electrons. The van der Waals surface area contributed by atoms with Gasteiger partial charge < -0.3 is 4.90 Å². The first kappa shape index (κ1) is 20.8. The Bertz CT molecular complexity index is 973. The summed E-state index contributed by atoms with van der Waals surface area (Å²) in [6, 6.07) is 18.3. The lowest BCUT2D eigenvalue weighted by Crippen LogP contribution is -2.28. The van der Waals surface area contributed by atoms with Gasteiger partial charge in [-0.15, -0.1) is 0 Å². The zero-order chi connectivity index (χ0) is 21.0. The van der Waals surface area contributed by atoms with Gasteiger partial charge in [0.05, 0.1) is 22.6 Å². The van der Waals surface area contributed by atoms with Crippen molar-refractivity contribution in [3.05, 3.63) is 82.7 Å². The van der Waals surface area contributed by atoms with Gasteiger partial charge in [-0.05, 0) is 42.9 Å². The van der Waals surface area contributed by atoms with Crippen LogP contribution in [0.15, 0.2) is 54.6 Å². The van der Waals surface area contributed by atoms with Crippen LogP contribution in [0.5, 0.6) is 0 Å². The van der Waals surface area contributed by atoms with Gasteiger partial charge in [0.25, 0.3) is 5.91 Å². The number of para-hydroxylation sites is 1. The summed E-state index contributed by atoms with van der Waals surface area (Å²) in [5, 5.41) is 4.93. The highest BCUT2D eigenvalue weighted by Crippen LogP contribution is 2.25. The number of carbonyl (C=O) groups is 1. The lowest BCUT2D eigenvalue weighted by atomic mass is 10.0. The molecule has 0 unspecified atom stereocenters. The second-order valence-corrected chi connectivity index (χ2v) is 8.07. The van der Waals surface area contributed by atoms with Crippen molar-refractivity contribution in [2.24, 2.45) is 5.92 Å². The van der Waals surface area contributed by atoms with Crippen molar-refractivity contribution in [3.63, 3.8) is 0 Å². The van der Waals surface area contributed by atoms with Gasteiger partial charge in [-0.1, -0.05) is 69.3 Å². The van der Waals surface area contributed by atoms with Crippen LogP contribution in [0.2, 0.25) is 0 Å². The quantitative estimate of drug-likeness (QED) is 0.556. The average Bonchev–Trinajstić information content (AvgIpc) is 3.05. The Hall–Kier alpha value is -2.88. The van der Waals surface area contributed by atoms with Crippen LogP contribution in [0.4, 0.5) is 0 Å². The van der Waals surface area contributed by atoms with E-state index >= 15 is 0 Å². The van der Waals surface area contributed by atoms with Crippen LogP contribution in [0.3, 0.4) is 0 Å². The number of rotatable bonds is 7. The molecular weight excluding hydrogens is 358 g/mol. The zero-order valence-electron chi connectivity index (χ0n) is 18.1. The van der Waals surface area contributed by atoms with Gasteiger partial charge in [0, 0.05) is 13.6 Å². The average molecular weight is 390 g/mol. The van der Waals surface area contributed by atoms with Crippen LogP contribution in [0.25, 0.3) is 5.69 Å². The van der Waals surface area contributed by atoms with Crippen LogP contribution in [0.1, 0.15) is 53.6 Å². The van der Waals surface area contributed by atoms with E-state index in [1.165, 1.54) is 0 Å². The SMILES string of the molecule is CCc1c(C(=O)N(C)Cc2ccccc2)c(CC(C)C)nn1-c1ccccc1C. The van der Waals surface area contributed by atoms with E-state index in [4.69, 9.17) is 5.10 Å². The third kappa shape index (κ3) is 4.58. The Balaban J connectivity index is 2.06. The molecule has 4 heteroatoms. The highest BCUT2D eigenvalue weighted by atomic mass is 16.2. The molecule has 4 nitrogen and oxygen atoms in total. The number of nitrogens with zero attached hydrogens (tertiary/aromatic N) is 3. The van der Waals surface area contributed by atoms with Gasteiger partial charge in [0.15, 0.2) is 0 Å². The molecule has 0 atom stereocenters. The van der Waals surface area contributed by atoms with Crippen molar-refractivity contribution < 1.29 is 4.79 Å². The van der Waals surface area contributed by atoms with Crippen molar-refractivity contribution in [1.82, 2.24) is 14.7 Å². The Morgan fingerprint density at radius 1 is 1.07 bits per heavy atom. The van der Waals surface area contributed by atoms with Crippen molar-refractivity contribution in [2.75, 3.05) is 7.05 Å². The molecule has 0 saturated carbocycles. The van der Waals surface area contributed by atoms with Gasteiger partial charge >= 0.3 is 0 Å². The van der Waals surface area contributed by atoms with Crippen LogP contribution >= 0.6 is 0 Å². The first-order valence-corrected chi connectivity index (χ1v) is 10.4. The smallest absolute Gasteiger partial charge is 0.257 e. The number of carbonyl (C=O) groups excluding carboxylic acids is 1. The van der Waals surface area contributed by atoms with Crippen molar-refractivity contribution in [1.29, 1.82) is 0 Å². The van der Waals surface area contributed by atoms with Crippen molar-refractivity contribution >= 4 is 5.91 Å². The van der Waals surface area contributed by atoms with Crippen molar-refractivity contribution in [3.8, 4) is 5.69 Å². The summed E-state index contributed by atoms with van der Waals surface area (Å²) < 4.78 is 1.98. The molecule has 0 fully saturated rings. The Kier molecular flexibility index (Phi) is 6.53. The van der Waals surface area contributed by atoms with Crippen LogP contribution in [-0.4, -0.2) is 27.6 Å². The maximum Gasteiger partial charge on any atom is 0.257 e. The lowest BCUT2D eigenvalue weighted by Gasteiger charge is -2.19. The van der Waals surface area contributed by atoms with Crippen LogP contribution < -0.4 is 0 Å². The van der Waals surface area contributed by atoms with Gasteiger partial charge in [-0.3, -0.25) is 4.79 Å². The fraction of sp³-hybridized carbons (Fsp3) is 0.360. The second-order valence-electron chi connectivity index (χ2n) is 8.07. The molecule has 0 aliphatic heterocycles. The number of hydrogen-bond donors (Lipinski definition) is 0. The third-order valence-electron chi connectivity index (χ3n) is 5.16. The number of hydrogen-bond acceptors (Lipinski definition) is 2. The first-order valence-electron chi connectivity index (χ1n) is 10.4. The summed E-state index contributed by atoms with van der Waals surface area (Å²) >= 11 is 0. The molecule has 29 heavy (non-hydrogen) atoms. The van der Waals surface area contributed by atoms with E-state index in [0.717, 1.165) is 46.6 Å². The molecule has 0 aliphatic carbocycles. The zero-order valence-corrected chi connectivity index (χ0v) is 18.1. The standard InChI is InChI=1S/C25H31N3O/c1-6-22-24(25(29)27(5)17-20-13-8-7-9-14-20)21(16-18(2)3)26-28(22)23-15-11-10-12-19(23)4/h7-15,18H,6,16-17H2,1-5H3. The monoisotopic (exact) mass is 389 g/mol. The fourth-order valence-corrected chi connectivity index (χ4v) is 3.73. The van der Waals surface area contributed by atoms with E-state index in [2.05, 4.69) is 52.0 Å². The third-order valence-corrected chi connectivity index (χ3v) is 5.16. The first-order chi connectivity index (χ1) is 13.9. The summed E-state index contributed by atoms with van der Waals surface area (Å²) in [6.07, 6.45) is 1.53. The molecular formula is C25H31N3O.